The van der Waals surface area contributed by atoms with Crippen molar-refractivity contribution in [1.82, 2.24) is 9.97 Å². The van der Waals surface area contributed by atoms with Gasteiger partial charge in [0.1, 0.15) is 0 Å². The average molecular weight is 249 g/mol. The van der Waals surface area contributed by atoms with E-state index in [9.17, 15) is 0 Å². The first-order valence-electron chi connectivity index (χ1n) is 5.83. The first-order chi connectivity index (χ1) is 8.17. The third kappa shape index (κ3) is 2.52. The number of aromatic nitrogens is 2. The van der Waals surface area contributed by atoms with E-state index < -0.39 is 0 Å². The van der Waals surface area contributed by atoms with Gasteiger partial charge in [0.25, 0.3) is 0 Å². The van der Waals surface area contributed by atoms with Crippen molar-refractivity contribution < 1.29 is 0 Å². The zero-order valence-electron chi connectivity index (χ0n) is 10.2. The molecule has 1 aromatic heterocycles. The molecule has 2 rings (SSSR count). The van der Waals surface area contributed by atoms with Gasteiger partial charge in [-0.2, -0.15) is 0 Å². The van der Waals surface area contributed by atoms with Crippen LogP contribution in [0, 0.1) is 12.8 Å². The van der Waals surface area contributed by atoms with E-state index in [2.05, 4.69) is 23.5 Å². The molecule has 0 amide bonds. The molecule has 2 nitrogen and oxygen atoms in total. The van der Waals surface area contributed by atoms with Gasteiger partial charge in [0.05, 0.1) is 12.0 Å². The van der Waals surface area contributed by atoms with Gasteiger partial charge >= 0.3 is 0 Å². The normalized spacial score (nSPS) is 24.9. The van der Waals surface area contributed by atoms with Gasteiger partial charge in [-0.25, -0.2) is 4.98 Å². The lowest BCUT2D eigenvalue weighted by Gasteiger charge is -2.01. The Kier molecular flexibility index (Phi) is 3.53. The lowest BCUT2D eigenvalue weighted by molar-refractivity contribution is 0.927. The van der Waals surface area contributed by atoms with Crippen LogP contribution in [0.1, 0.15) is 30.7 Å². The molecule has 90 valence electrons. The third-order valence-electron chi connectivity index (χ3n) is 3.25. The second kappa shape index (κ2) is 4.92. The lowest BCUT2D eigenvalue weighted by Crippen LogP contribution is -1.89. The molecule has 3 heteroatoms. The van der Waals surface area contributed by atoms with Crippen molar-refractivity contribution >= 4 is 11.6 Å². The number of imidazole rings is 1. The van der Waals surface area contributed by atoms with Gasteiger partial charge in [-0.15, -0.1) is 0 Å². The van der Waals surface area contributed by atoms with Crippen molar-refractivity contribution in [3.05, 3.63) is 53.1 Å². The molecule has 1 aromatic rings. The van der Waals surface area contributed by atoms with Gasteiger partial charge in [-0.1, -0.05) is 30.3 Å². The summed E-state index contributed by atoms with van der Waals surface area (Å²) in [4.78, 5) is 7.50. The second-order valence-electron chi connectivity index (χ2n) is 4.38. The van der Waals surface area contributed by atoms with E-state index in [1.807, 2.05) is 25.2 Å². The summed E-state index contributed by atoms with van der Waals surface area (Å²) in [5.74, 6) is 1.04. The van der Waals surface area contributed by atoms with E-state index in [1.165, 1.54) is 11.3 Å². The van der Waals surface area contributed by atoms with Crippen molar-refractivity contribution in [2.75, 3.05) is 0 Å². The van der Waals surface area contributed by atoms with Crippen LogP contribution < -0.4 is 0 Å². The van der Waals surface area contributed by atoms with Crippen LogP contribution in [-0.2, 0) is 0 Å². The number of halogens is 1. The van der Waals surface area contributed by atoms with Crippen LogP contribution in [0.15, 0.2) is 41.7 Å². The number of hydrogen-bond acceptors (Lipinski definition) is 1. The number of hydrogen-bond donors (Lipinski definition) is 1. The van der Waals surface area contributed by atoms with Gasteiger partial charge < -0.3 is 4.98 Å². The fourth-order valence-electron chi connectivity index (χ4n) is 2.17. The van der Waals surface area contributed by atoms with Gasteiger partial charge in [-0.05, 0) is 37.8 Å². The molecule has 1 aliphatic carbocycles. The van der Waals surface area contributed by atoms with Crippen LogP contribution in [0.4, 0.5) is 0 Å². The molecule has 0 radical (unpaired) electrons. The van der Waals surface area contributed by atoms with Crippen molar-refractivity contribution in [2.45, 2.75) is 26.2 Å². The zero-order chi connectivity index (χ0) is 12.4. The smallest absolute Gasteiger partial charge is 0.0925 e. The minimum atomic E-state index is 0.517. The first-order valence-corrected chi connectivity index (χ1v) is 6.20. The minimum absolute atomic E-state index is 0.517. The molecular weight excluding hydrogens is 232 g/mol. The highest BCUT2D eigenvalue weighted by atomic mass is 35.5. The quantitative estimate of drug-likeness (QED) is 0.800. The summed E-state index contributed by atoms with van der Waals surface area (Å²) in [6, 6.07) is 0. The maximum absolute atomic E-state index is 6.03. The Hall–Kier alpha value is -1.28. The highest BCUT2D eigenvalue weighted by Crippen LogP contribution is 2.52. The Balaban J connectivity index is 2.14. The van der Waals surface area contributed by atoms with Crippen LogP contribution >= 0.6 is 11.6 Å². The standard InChI is InChI=1S/C14H17ClN2/c1-4-10(6-11(15)5-2)12-7-13(12)14-9(3)16-8-17-14/h4-6,8,12-13H,1,7H2,2-3H3,(H,16,17)/b10-6+,11-5+. The molecule has 0 aromatic carbocycles. The second-order valence-corrected chi connectivity index (χ2v) is 4.82. The fraction of sp³-hybridized carbons (Fsp3) is 0.357. The Morgan fingerprint density at radius 2 is 2.41 bits per heavy atom. The Morgan fingerprint density at radius 1 is 1.65 bits per heavy atom. The number of aromatic amines is 1. The lowest BCUT2D eigenvalue weighted by atomic mass is 10.1. The van der Waals surface area contributed by atoms with Gasteiger partial charge in [0.15, 0.2) is 0 Å². The predicted octanol–water partition coefficient (Wildman–Crippen LogP) is 4.08. The number of allylic oxidation sites excluding steroid dienone is 5. The summed E-state index contributed by atoms with van der Waals surface area (Å²) in [6.45, 7) is 7.86. The van der Waals surface area contributed by atoms with Crippen LogP contribution in [0.5, 0.6) is 0 Å². The first kappa shape index (κ1) is 12.2. The number of rotatable bonds is 4. The summed E-state index contributed by atoms with van der Waals surface area (Å²) in [5.41, 5.74) is 3.55. The van der Waals surface area contributed by atoms with Crippen molar-refractivity contribution in [1.29, 1.82) is 0 Å². The maximum atomic E-state index is 6.03. The Labute approximate surface area is 107 Å². The monoisotopic (exact) mass is 248 g/mol. The summed E-state index contributed by atoms with van der Waals surface area (Å²) < 4.78 is 0. The third-order valence-corrected chi connectivity index (χ3v) is 3.58. The summed E-state index contributed by atoms with van der Waals surface area (Å²) >= 11 is 6.03. The van der Waals surface area contributed by atoms with Gasteiger partial charge in [0.2, 0.25) is 0 Å². The minimum Gasteiger partial charge on any atom is -0.348 e. The molecule has 17 heavy (non-hydrogen) atoms. The Morgan fingerprint density at radius 3 is 2.94 bits per heavy atom. The van der Waals surface area contributed by atoms with E-state index >= 15 is 0 Å². The van der Waals surface area contributed by atoms with Crippen LogP contribution in [-0.4, -0.2) is 9.97 Å². The van der Waals surface area contributed by atoms with Crippen LogP contribution in [0.3, 0.4) is 0 Å². The highest BCUT2D eigenvalue weighted by Gasteiger charge is 2.42. The average Bonchev–Trinajstić information content (AvgIpc) is 3.00. The number of aryl methyl sites for hydroxylation is 1. The van der Waals surface area contributed by atoms with E-state index in [4.69, 9.17) is 11.6 Å². The molecule has 0 saturated heterocycles. The van der Waals surface area contributed by atoms with Crippen molar-refractivity contribution in [2.24, 2.45) is 5.92 Å². The number of H-pyrrole nitrogens is 1. The molecule has 1 N–H and O–H groups in total. The highest BCUT2D eigenvalue weighted by molar-refractivity contribution is 6.31. The van der Waals surface area contributed by atoms with Gasteiger partial charge in [0, 0.05) is 16.6 Å². The van der Waals surface area contributed by atoms with E-state index in [0.29, 0.717) is 11.8 Å². The SMILES string of the molecule is C=C/C(=C\C(Cl)=C/C)C1CC1c1nc[nH]c1C. The molecule has 1 heterocycles. The Bertz CT molecular complexity index is 482. The zero-order valence-corrected chi connectivity index (χ0v) is 11.0. The van der Waals surface area contributed by atoms with Gasteiger partial charge in [-0.3, -0.25) is 0 Å². The predicted molar refractivity (Wildman–Crippen MR) is 72.1 cm³/mol. The van der Waals surface area contributed by atoms with Crippen molar-refractivity contribution in [3.8, 4) is 0 Å². The molecule has 1 saturated carbocycles. The van der Waals surface area contributed by atoms with E-state index in [0.717, 1.165) is 17.1 Å². The molecule has 0 spiro atoms. The molecule has 0 bridgehead atoms. The molecule has 2 unspecified atom stereocenters. The number of nitrogens with one attached hydrogen (secondary N) is 1. The molecule has 2 atom stereocenters. The largest absolute Gasteiger partial charge is 0.348 e. The topological polar surface area (TPSA) is 28.7 Å². The van der Waals surface area contributed by atoms with Crippen molar-refractivity contribution in [3.63, 3.8) is 0 Å². The van der Waals surface area contributed by atoms with E-state index in [1.54, 1.807) is 6.33 Å². The number of nitrogens with zero attached hydrogens (tertiary/aromatic N) is 1. The molecular formula is C14H17ClN2. The van der Waals surface area contributed by atoms with Crippen LogP contribution in [0.2, 0.25) is 0 Å². The summed E-state index contributed by atoms with van der Waals surface area (Å²) in [5, 5.41) is 0.768. The summed E-state index contributed by atoms with van der Waals surface area (Å²) in [6.07, 6.45) is 8.69. The molecule has 1 fully saturated rings. The molecule has 0 aliphatic heterocycles. The van der Waals surface area contributed by atoms with Crippen LogP contribution in [0.25, 0.3) is 0 Å². The fourth-order valence-corrected chi connectivity index (χ4v) is 2.29. The maximum Gasteiger partial charge on any atom is 0.0925 e. The summed E-state index contributed by atoms with van der Waals surface area (Å²) in [7, 11) is 0. The van der Waals surface area contributed by atoms with E-state index in [-0.39, 0.29) is 0 Å². The molecule has 1 aliphatic rings.